The second-order valence-corrected chi connectivity index (χ2v) is 6.47. The van der Waals surface area contributed by atoms with Crippen LogP contribution in [0, 0.1) is 5.92 Å². The molecular formula is C16H31ClN2O2. The van der Waals surface area contributed by atoms with Gasteiger partial charge in [0, 0.05) is 20.7 Å². The first kappa shape index (κ1) is 18.7. The molecule has 0 aromatic rings. The molecular weight excluding hydrogens is 288 g/mol. The molecule has 2 fully saturated rings. The monoisotopic (exact) mass is 318 g/mol. The van der Waals surface area contributed by atoms with Crippen molar-refractivity contribution < 1.29 is 9.53 Å². The van der Waals surface area contributed by atoms with Gasteiger partial charge < -0.3 is 15.0 Å². The lowest BCUT2D eigenvalue weighted by Gasteiger charge is -2.38. The molecule has 2 aliphatic rings. The van der Waals surface area contributed by atoms with E-state index in [-0.39, 0.29) is 18.3 Å². The molecule has 5 heteroatoms. The number of hydrogen-bond acceptors (Lipinski definition) is 3. The van der Waals surface area contributed by atoms with E-state index in [0.717, 1.165) is 44.8 Å². The highest BCUT2D eigenvalue weighted by Crippen LogP contribution is 2.28. The Balaban J connectivity index is 0.00000220. The number of nitrogens with zero attached hydrogens (tertiary/aromatic N) is 1. The highest BCUT2D eigenvalue weighted by Gasteiger charge is 2.41. The second-order valence-electron chi connectivity index (χ2n) is 6.47. The number of ether oxygens (including phenoxy) is 1. The van der Waals surface area contributed by atoms with E-state index in [2.05, 4.69) is 5.32 Å². The van der Waals surface area contributed by atoms with Gasteiger partial charge in [0.25, 0.3) is 5.91 Å². The summed E-state index contributed by atoms with van der Waals surface area (Å²) in [6, 6.07) is 0. The molecule has 124 valence electrons. The standard InChI is InChI=1S/C16H30N2O2.ClH/c1-18(13-8-14-6-4-3-5-7-14)15(19)16(20-2)9-11-17-12-10-16;/h14,17H,3-13H2,1-2H3;1H. The molecule has 0 bridgehead atoms. The average molecular weight is 319 g/mol. The number of likely N-dealkylation sites (N-methyl/N-ethyl adjacent to an activating group) is 1. The Morgan fingerprint density at radius 1 is 1.24 bits per heavy atom. The summed E-state index contributed by atoms with van der Waals surface area (Å²) in [4.78, 5) is 14.6. The number of methoxy groups -OCH3 is 1. The van der Waals surface area contributed by atoms with Gasteiger partial charge in [-0.05, 0) is 38.3 Å². The van der Waals surface area contributed by atoms with Gasteiger partial charge in [0.05, 0.1) is 0 Å². The van der Waals surface area contributed by atoms with Crippen molar-refractivity contribution in [2.75, 3.05) is 33.8 Å². The molecule has 0 atom stereocenters. The lowest BCUT2D eigenvalue weighted by atomic mass is 9.86. The topological polar surface area (TPSA) is 41.6 Å². The Bertz CT molecular complexity index is 313. The van der Waals surface area contributed by atoms with E-state index in [1.54, 1.807) is 7.11 Å². The normalized spacial score (nSPS) is 22.4. The number of halogens is 1. The molecule has 0 aromatic heterocycles. The summed E-state index contributed by atoms with van der Waals surface area (Å²) in [5.74, 6) is 1.00. The van der Waals surface area contributed by atoms with Crippen LogP contribution in [0.3, 0.4) is 0 Å². The zero-order valence-electron chi connectivity index (χ0n) is 13.5. The molecule has 4 nitrogen and oxygen atoms in total. The van der Waals surface area contributed by atoms with Gasteiger partial charge in [-0.15, -0.1) is 12.4 Å². The minimum Gasteiger partial charge on any atom is -0.368 e. The Hall–Kier alpha value is -0.320. The highest BCUT2D eigenvalue weighted by atomic mass is 35.5. The van der Waals surface area contributed by atoms with Crippen LogP contribution >= 0.6 is 12.4 Å². The largest absolute Gasteiger partial charge is 0.368 e. The molecule has 1 aliphatic carbocycles. The smallest absolute Gasteiger partial charge is 0.254 e. The summed E-state index contributed by atoms with van der Waals surface area (Å²) < 4.78 is 5.62. The fourth-order valence-electron chi connectivity index (χ4n) is 3.64. The summed E-state index contributed by atoms with van der Waals surface area (Å²) in [5, 5.41) is 3.30. The first-order chi connectivity index (χ1) is 9.68. The van der Waals surface area contributed by atoms with E-state index in [4.69, 9.17) is 4.74 Å². The first-order valence-corrected chi connectivity index (χ1v) is 8.19. The van der Waals surface area contributed by atoms with Gasteiger partial charge in [-0.1, -0.05) is 32.1 Å². The third kappa shape index (κ3) is 4.83. The van der Waals surface area contributed by atoms with Crippen LogP contribution in [0.4, 0.5) is 0 Å². The Labute approximate surface area is 135 Å². The summed E-state index contributed by atoms with van der Waals surface area (Å²) in [5.41, 5.74) is -0.577. The van der Waals surface area contributed by atoms with Crippen molar-refractivity contribution in [2.45, 2.75) is 57.0 Å². The quantitative estimate of drug-likeness (QED) is 0.847. The molecule has 0 aromatic carbocycles. The van der Waals surface area contributed by atoms with Crippen molar-refractivity contribution in [2.24, 2.45) is 5.92 Å². The number of hydrogen-bond donors (Lipinski definition) is 1. The third-order valence-electron chi connectivity index (χ3n) is 5.14. The highest BCUT2D eigenvalue weighted by molar-refractivity contribution is 5.85. The van der Waals surface area contributed by atoms with Gasteiger partial charge >= 0.3 is 0 Å². The number of piperidine rings is 1. The van der Waals surface area contributed by atoms with E-state index in [1.165, 1.54) is 32.1 Å². The van der Waals surface area contributed by atoms with Crippen LogP contribution in [0.15, 0.2) is 0 Å². The molecule has 1 saturated heterocycles. The van der Waals surface area contributed by atoms with Crippen molar-refractivity contribution in [1.82, 2.24) is 10.2 Å². The van der Waals surface area contributed by atoms with Crippen molar-refractivity contribution in [3.63, 3.8) is 0 Å². The molecule has 0 radical (unpaired) electrons. The van der Waals surface area contributed by atoms with Crippen molar-refractivity contribution in [1.29, 1.82) is 0 Å². The van der Waals surface area contributed by atoms with E-state index >= 15 is 0 Å². The third-order valence-corrected chi connectivity index (χ3v) is 5.14. The lowest BCUT2D eigenvalue weighted by Crippen LogP contribution is -2.54. The molecule has 1 aliphatic heterocycles. The van der Waals surface area contributed by atoms with Crippen LogP contribution in [0.25, 0.3) is 0 Å². The minimum atomic E-state index is -0.577. The molecule has 0 unspecified atom stereocenters. The Kier molecular flexibility index (Phi) is 7.99. The molecule has 1 saturated carbocycles. The Morgan fingerprint density at radius 3 is 2.43 bits per heavy atom. The Morgan fingerprint density at radius 2 is 1.86 bits per heavy atom. The average Bonchev–Trinajstić information content (AvgIpc) is 2.53. The summed E-state index contributed by atoms with van der Waals surface area (Å²) in [6.45, 7) is 2.62. The molecule has 2 rings (SSSR count). The van der Waals surface area contributed by atoms with Crippen LogP contribution < -0.4 is 5.32 Å². The maximum absolute atomic E-state index is 12.7. The SMILES string of the molecule is COC1(C(=O)N(C)CCC2CCCCC2)CCNCC1.Cl. The van der Waals surface area contributed by atoms with E-state index in [1.807, 2.05) is 11.9 Å². The van der Waals surface area contributed by atoms with Gasteiger partial charge in [0.1, 0.15) is 5.60 Å². The maximum atomic E-state index is 12.7. The predicted octanol–water partition coefficient (Wildman–Crippen LogP) is 2.61. The van der Waals surface area contributed by atoms with Gasteiger partial charge in [-0.25, -0.2) is 0 Å². The van der Waals surface area contributed by atoms with E-state index in [0.29, 0.717) is 0 Å². The van der Waals surface area contributed by atoms with E-state index < -0.39 is 5.60 Å². The maximum Gasteiger partial charge on any atom is 0.254 e. The van der Waals surface area contributed by atoms with E-state index in [9.17, 15) is 4.79 Å². The van der Waals surface area contributed by atoms with Crippen molar-refractivity contribution in [3.8, 4) is 0 Å². The molecule has 1 heterocycles. The summed E-state index contributed by atoms with van der Waals surface area (Å²) in [6.07, 6.45) is 9.56. The zero-order valence-corrected chi connectivity index (χ0v) is 14.3. The first-order valence-electron chi connectivity index (χ1n) is 8.19. The van der Waals surface area contributed by atoms with Crippen LogP contribution in [-0.2, 0) is 9.53 Å². The van der Waals surface area contributed by atoms with Crippen LogP contribution in [0.2, 0.25) is 0 Å². The van der Waals surface area contributed by atoms with Gasteiger partial charge in [0.2, 0.25) is 0 Å². The fourth-order valence-corrected chi connectivity index (χ4v) is 3.64. The zero-order chi connectivity index (χ0) is 14.4. The predicted molar refractivity (Wildman–Crippen MR) is 87.9 cm³/mol. The van der Waals surface area contributed by atoms with Crippen LogP contribution in [0.5, 0.6) is 0 Å². The summed E-state index contributed by atoms with van der Waals surface area (Å²) in [7, 11) is 3.62. The van der Waals surface area contributed by atoms with Crippen LogP contribution in [-0.4, -0.2) is 50.2 Å². The molecule has 1 amide bonds. The number of rotatable bonds is 5. The molecule has 1 N–H and O–H groups in total. The number of carbonyl (C=O) groups is 1. The van der Waals surface area contributed by atoms with Crippen molar-refractivity contribution >= 4 is 18.3 Å². The number of carbonyl (C=O) groups excluding carboxylic acids is 1. The van der Waals surface area contributed by atoms with Crippen LogP contribution in [0.1, 0.15) is 51.4 Å². The molecule has 21 heavy (non-hydrogen) atoms. The number of amides is 1. The fraction of sp³-hybridized carbons (Fsp3) is 0.938. The summed E-state index contributed by atoms with van der Waals surface area (Å²) >= 11 is 0. The molecule has 0 spiro atoms. The second kappa shape index (κ2) is 8.96. The number of nitrogens with one attached hydrogen (secondary N) is 1. The van der Waals surface area contributed by atoms with Gasteiger partial charge in [0.15, 0.2) is 0 Å². The van der Waals surface area contributed by atoms with Gasteiger partial charge in [-0.3, -0.25) is 4.79 Å². The van der Waals surface area contributed by atoms with Gasteiger partial charge in [-0.2, -0.15) is 0 Å². The lowest BCUT2D eigenvalue weighted by molar-refractivity contribution is -0.157. The minimum absolute atomic E-state index is 0. The van der Waals surface area contributed by atoms with Crippen molar-refractivity contribution in [3.05, 3.63) is 0 Å².